The summed E-state index contributed by atoms with van der Waals surface area (Å²) in [6.07, 6.45) is 0.863. The first-order valence-electron chi connectivity index (χ1n) is 6.92. The average Bonchev–Trinajstić information content (AvgIpc) is 2.91. The van der Waals surface area contributed by atoms with Crippen LogP contribution in [0.25, 0.3) is 0 Å². The molecule has 0 unspecified atom stereocenters. The molecule has 1 N–H and O–H groups in total. The van der Waals surface area contributed by atoms with Gasteiger partial charge in [-0.15, -0.1) is 0 Å². The Kier molecular flexibility index (Phi) is 3.44. The van der Waals surface area contributed by atoms with E-state index in [0.717, 1.165) is 17.7 Å². The van der Waals surface area contributed by atoms with Crippen molar-refractivity contribution in [2.24, 2.45) is 0 Å². The molecule has 21 heavy (non-hydrogen) atoms. The Morgan fingerprint density at radius 3 is 2.57 bits per heavy atom. The minimum absolute atomic E-state index is 0.0280. The topological polar surface area (TPSA) is 49.4 Å². The highest BCUT2D eigenvalue weighted by Gasteiger charge is 2.22. The molecule has 0 aliphatic carbocycles. The van der Waals surface area contributed by atoms with Crippen molar-refractivity contribution in [3.05, 3.63) is 59.7 Å². The third kappa shape index (κ3) is 2.65. The van der Waals surface area contributed by atoms with Crippen LogP contribution in [0.15, 0.2) is 48.5 Å². The van der Waals surface area contributed by atoms with Gasteiger partial charge in [0.25, 0.3) is 5.91 Å². The van der Waals surface area contributed by atoms with E-state index in [-0.39, 0.29) is 11.8 Å². The molecular formula is C17H16N2O2. The third-order valence-electron chi connectivity index (χ3n) is 3.65. The lowest BCUT2D eigenvalue weighted by atomic mass is 10.1. The highest BCUT2D eigenvalue weighted by atomic mass is 16.2. The second-order valence-corrected chi connectivity index (χ2v) is 5.08. The van der Waals surface area contributed by atoms with Crippen molar-refractivity contribution in [3.8, 4) is 0 Å². The largest absolute Gasteiger partial charge is 0.322 e. The van der Waals surface area contributed by atoms with Crippen LogP contribution in [0.1, 0.15) is 22.8 Å². The number of amides is 2. The lowest BCUT2D eigenvalue weighted by molar-refractivity contribution is -0.116. The van der Waals surface area contributed by atoms with Gasteiger partial charge in [0.15, 0.2) is 0 Å². The number of carbonyl (C=O) groups is 2. The van der Waals surface area contributed by atoms with Crippen LogP contribution in [0.2, 0.25) is 0 Å². The first kappa shape index (κ1) is 13.4. The van der Waals surface area contributed by atoms with Crippen LogP contribution in [-0.4, -0.2) is 18.4 Å². The van der Waals surface area contributed by atoms with Gasteiger partial charge in [0.1, 0.15) is 0 Å². The van der Waals surface area contributed by atoms with Gasteiger partial charge >= 0.3 is 0 Å². The summed E-state index contributed by atoms with van der Waals surface area (Å²) in [6.45, 7) is 2.27. The van der Waals surface area contributed by atoms with Gasteiger partial charge in [-0.1, -0.05) is 24.3 Å². The third-order valence-corrected chi connectivity index (χ3v) is 3.65. The molecule has 106 valence electrons. The molecule has 2 aromatic carbocycles. The molecule has 0 bridgehead atoms. The van der Waals surface area contributed by atoms with E-state index in [2.05, 4.69) is 5.32 Å². The van der Waals surface area contributed by atoms with Crippen molar-refractivity contribution in [1.82, 2.24) is 0 Å². The number of nitrogens with zero attached hydrogens (tertiary/aromatic N) is 1. The number of nitrogens with one attached hydrogen (secondary N) is 1. The van der Waals surface area contributed by atoms with Gasteiger partial charge in [0.2, 0.25) is 5.91 Å². The van der Waals surface area contributed by atoms with Crippen LogP contribution in [-0.2, 0) is 11.2 Å². The van der Waals surface area contributed by atoms with E-state index in [1.165, 1.54) is 0 Å². The fourth-order valence-corrected chi connectivity index (χ4v) is 2.58. The van der Waals surface area contributed by atoms with Gasteiger partial charge < -0.3 is 10.2 Å². The van der Waals surface area contributed by atoms with Gasteiger partial charge in [-0.05, 0) is 36.2 Å². The highest BCUT2D eigenvalue weighted by Crippen LogP contribution is 2.31. The van der Waals surface area contributed by atoms with Gasteiger partial charge in [-0.25, -0.2) is 0 Å². The SMILES string of the molecule is CC(=O)N1CCc2ccc(NC(=O)c3ccccc3)cc21. The smallest absolute Gasteiger partial charge is 0.255 e. The van der Waals surface area contributed by atoms with Crippen molar-refractivity contribution >= 4 is 23.2 Å². The summed E-state index contributed by atoms with van der Waals surface area (Å²) in [5, 5.41) is 2.87. The number of hydrogen-bond acceptors (Lipinski definition) is 2. The molecule has 0 aromatic heterocycles. The molecule has 0 fully saturated rings. The highest BCUT2D eigenvalue weighted by molar-refractivity contribution is 6.05. The molecule has 3 rings (SSSR count). The second kappa shape index (κ2) is 5.40. The Labute approximate surface area is 123 Å². The van der Waals surface area contributed by atoms with Gasteiger partial charge in [0.05, 0.1) is 0 Å². The predicted molar refractivity (Wildman–Crippen MR) is 82.6 cm³/mol. The number of fused-ring (bicyclic) bond motifs is 1. The Morgan fingerprint density at radius 2 is 1.86 bits per heavy atom. The van der Waals surface area contributed by atoms with E-state index < -0.39 is 0 Å². The van der Waals surface area contributed by atoms with Gasteiger partial charge in [-0.2, -0.15) is 0 Å². The first-order chi connectivity index (χ1) is 10.1. The number of rotatable bonds is 2. The van der Waals surface area contributed by atoms with Crippen LogP contribution in [0.4, 0.5) is 11.4 Å². The van der Waals surface area contributed by atoms with E-state index >= 15 is 0 Å². The van der Waals surface area contributed by atoms with Crippen LogP contribution < -0.4 is 10.2 Å². The van der Waals surface area contributed by atoms with E-state index in [0.29, 0.717) is 17.8 Å². The molecule has 0 radical (unpaired) electrons. The lowest BCUT2D eigenvalue weighted by Gasteiger charge is -2.15. The molecular weight excluding hydrogens is 264 g/mol. The maximum absolute atomic E-state index is 12.1. The molecule has 0 saturated heterocycles. The number of anilines is 2. The molecule has 4 heteroatoms. The first-order valence-corrected chi connectivity index (χ1v) is 6.92. The Bertz CT molecular complexity index is 695. The van der Waals surface area contributed by atoms with Crippen LogP contribution in [0, 0.1) is 0 Å². The molecule has 4 nitrogen and oxygen atoms in total. The maximum atomic E-state index is 12.1. The van der Waals surface area contributed by atoms with Crippen LogP contribution >= 0.6 is 0 Å². The maximum Gasteiger partial charge on any atom is 0.255 e. The quantitative estimate of drug-likeness (QED) is 0.919. The zero-order chi connectivity index (χ0) is 14.8. The summed E-state index contributed by atoms with van der Waals surface area (Å²) >= 11 is 0. The number of carbonyl (C=O) groups excluding carboxylic acids is 2. The number of benzene rings is 2. The minimum atomic E-state index is -0.150. The Hall–Kier alpha value is -2.62. The lowest BCUT2D eigenvalue weighted by Crippen LogP contribution is -2.25. The van der Waals surface area contributed by atoms with Crippen molar-refractivity contribution < 1.29 is 9.59 Å². The molecule has 0 atom stereocenters. The minimum Gasteiger partial charge on any atom is -0.322 e. The van der Waals surface area contributed by atoms with Crippen molar-refractivity contribution in [2.45, 2.75) is 13.3 Å². The standard InChI is InChI=1S/C17H16N2O2/c1-12(20)19-10-9-13-7-8-15(11-16(13)19)18-17(21)14-5-3-2-4-6-14/h2-8,11H,9-10H2,1H3,(H,18,21). The van der Waals surface area contributed by atoms with Crippen molar-refractivity contribution in [1.29, 1.82) is 0 Å². The molecule has 0 saturated carbocycles. The molecule has 1 heterocycles. The summed E-state index contributed by atoms with van der Waals surface area (Å²) in [7, 11) is 0. The summed E-state index contributed by atoms with van der Waals surface area (Å²) in [5.74, 6) is -0.122. The van der Waals surface area contributed by atoms with Crippen LogP contribution in [0.5, 0.6) is 0 Å². The molecule has 0 spiro atoms. The van der Waals surface area contributed by atoms with E-state index in [1.54, 1.807) is 24.0 Å². The molecule has 1 aliphatic rings. The summed E-state index contributed by atoms with van der Waals surface area (Å²) in [4.78, 5) is 25.5. The summed E-state index contributed by atoms with van der Waals surface area (Å²) < 4.78 is 0. The number of hydrogen-bond donors (Lipinski definition) is 1. The Morgan fingerprint density at radius 1 is 1.10 bits per heavy atom. The molecule has 2 amide bonds. The van der Waals surface area contributed by atoms with E-state index in [1.807, 2.05) is 36.4 Å². The summed E-state index contributed by atoms with van der Waals surface area (Å²) in [6, 6.07) is 14.8. The molecule has 1 aliphatic heterocycles. The fraction of sp³-hybridized carbons (Fsp3) is 0.176. The normalized spacial score (nSPS) is 12.9. The Balaban J connectivity index is 1.83. The second-order valence-electron chi connectivity index (χ2n) is 5.08. The van der Waals surface area contributed by atoms with E-state index in [9.17, 15) is 9.59 Å². The van der Waals surface area contributed by atoms with Crippen molar-refractivity contribution in [3.63, 3.8) is 0 Å². The van der Waals surface area contributed by atoms with Gasteiger partial charge in [0, 0.05) is 30.4 Å². The zero-order valence-corrected chi connectivity index (χ0v) is 11.8. The van der Waals surface area contributed by atoms with Gasteiger partial charge in [-0.3, -0.25) is 9.59 Å². The summed E-state index contributed by atoms with van der Waals surface area (Å²) in [5.41, 5.74) is 3.36. The monoisotopic (exact) mass is 280 g/mol. The molecule has 2 aromatic rings. The predicted octanol–water partition coefficient (Wildman–Crippen LogP) is 2.85. The van der Waals surface area contributed by atoms with Crippen LogP contribution in [0.3, 0.4) is 0 Å². The zero-order valence-electron chi connectivity index (χ0n) is 11.8. The average molecular weight is 280 g/mol. The van der Waals surface area contributed by atoms with E-state index in [4.69, 9.17) is 0 Å². The van der Waals surface area contributed by atoms with Crippen molar-refractivity contribution in [2.75, 3.05) is 16.8 Å². The fourth-order valence-electron chi connectivity index (χ4n) is 2.58.